The first-order valence-corrected chi connectivity index (χ1v) is 8.60. The topological polar surface area (TPSA) is 77.3 Å². The molecule has 2 aliphatic rings. The van der Waals surface area contributed by atoms with Crippen molar-refractivity contribution in [2.75, 3.05) is 13.2 Å². The smallest absolute Gasteiger partial charge is 0.229 e. The fourth-order valence-corrected chi connectivity index (χ4v) is 3.13. The molecule has 2 heterocycles. The van der Waals surface area contributed by atoms with E-state index < -0.39 is 0 Å². The van der Waals surface area contributed by atoms with E-state index in [0.717, 1.165) is 36.5 Å². The summed E-state index contributed by atoms with van der Waals surface area (Å²) in [4.78, 5) is 16.7. The van der Waals surface area contributed by atoms with Gasteiger partial charge in [-0.15, -0.1) is 0 Å². The number of nitrogens with one attached hydrogen (secondary N) is 1. The minimum atomic E-state index is -0.143. The standard InChI is InChI=1S/C18H21N3O3/c22-17(14-10-13-4-1-2-7-15(13)23-11-14)19-9-8-16-20-18(24-21-16)12-5-3-6-12/h1-2,4,7,12,14H,3,5-6,8-11H2,(H,19,22). The van der Waals surface area contributed by atoms with E-state index in [0.29, 0.717) is 31.3 Å². The lowest BCUT2D eigenvalue weighted by Gasteiger charge is -2.24. The Bertz CT molecular complexity index is 724. The van der Waals surface area contributed by atoms with Gasteiger partial charge in [0.15, 0.2) is 5.82 Å². The summed E-state index contributed by atoms with van der Waals surface area (Å²) in [5, 5.41) is 6.95. The fourth-order valence-electron chi connectivity index (χ4n) is 3.13. The molecular weight excluding hydrogens is 306 g/mol. The number of hydrogen-bond acceptors (Lipinski definition) is 5. The highest BCUT2D eigenvalue weighted by Gasteiger charge is 2.26. The molecule has 4 rings (SSSR count). The quantitative estimate of drug-likeness (QED) is 0.911. The lowest BCUT2D eigenvalue weighted by Crippen LogP contribution is -2.38. The molecule has 2 aromatic rings. The molecule has 1 aromatic carbocycles. The Kier molecular flexibility index (Phi) is 4.19. The Morgan fingerprint density at radius 1 is 1.29 bits per heavy atom. The summed E-state index contributed by atoms with van der Waals surface area (Å²) in [6.07, 6.45) is 4.83. The van der Waals surface area contributed by atoms with Gasteiger partial charge < -0.3 is 14.6 Å². The molecule has 1 amide bonds. The van der Waals surface area contributed by atoms with E-state index in [1.165, 1.54) is 6.42 Å². The van der Waals surface area contributed by atoms with Gasteiger partial charge in [0.25, 0.3) is 0 Å². The second-order valence-corrected chi connectivity index (χ2v) is 6.54. The normalized spacial score (nSPS) is 19.9. The fraction of sp³-hybridized carbons (Fsp3) is 0.500. The Morgan fingerprint density at radius 2 is 2.17 bits per heavy atom. The van der Waals surface area contributed by atoms with Crippen molar-refractivity contribution in [1.82, 2.24) is 15.5 Å². The third-order valence-corrected chi connectivity index (χ3v) is 4.84. The number of para-hydroxylation sites is 1. The van der Waals surface area contributed by atoms with E-state index in [1.54, 1.807) is 0 Å². The van der Waals surface area contributed by atoms with Crippen LogP contribution >= 0.6 is 0 Å². The zero-order valence-electron chi connectivity index (χ0n) is 13.5. The number of amides is 1. The highest BCUT2D eigenvalue weighted by molar-refractivity contribution is 5.79. The Morgan fingerprint density at radius 3 is 3.00 bits per heavy atom. The van der Waals surface area contributed by atoms with Gasteiger partial charge >= 0.3 is 0 Å². The highest BCUT2D eigenvalue weighted by Crippen LogP contribution is 2.35. The van der Waals surface area contributed by atoms with Crippen LogP contribution in [0.15, 0.2) is 28.8 Å². The van der Waals surface area contributed by atoms with Gasteiger partial charge in [0.2, 0.25) is 11.8 Å². The minimum absolute atomic E-state index is 0.0206. The van der Waals surface area contributed by atoms with E-state index in [1.807, 2.05) is 24.3 Å². The number of ether oxygens (including phenoxy) is 1. The molecule has 1 unspecified atom stereocenters. The average molecular weight is 327 g/mol. The van der Waals surface area contributed by atoms with Gasteiger partial charge in [-0.3, -0.25) is 4.79 Å². The number of rotatable bonds is 5. The molecule has 6 heteroatoms. The molecule has 1 N–H and O–H groups in total. The van der Waals surface area contributed by atoms with Crippen LogP contribution in [0.3, 0.4) is 0 Å². The summed E-state index contributed by atoms with van der Waals surface area (Å²) in [6, 6.07) is 7.87. The number of carbonyl (C=O) groups excluding carboxylic acids is 1. The number of fused-ring (bicyclic) bond motifs is 1. The highest BCUT2D eigenvalue weighted by atomic mass is 16.5. The molecule has 0 spiro atoms. The van der Waals surface area contributed by atoms with Crippen LogP contribution in [0.25, 0.3) is 0 Å². The maximum absolute atomic E-state index is 12.3. The van der Waals surface area contributed by atoms with Crippen LogP contribution in [-0.4, -0.2) is 29.2 Å². The SMILES string of the molecule is O=C(NCCc1noc(C2CCC2)n1)C1COc2ccccc2C1. The number of nitrogens with zero attached hydrogens (tertiary/aromatic N) is 2. The van der Waals surface area contributed by atoms with Crippen LogP contribution in [0.4, 0.5) is 0 Å². The van der Waals surface area contributed by atoms with Crippen LogP contribution < -0.4 is 10.1 Å². The predicted molar refractivity (Wildman–Crippen MR) is 86.7 cm³/mol. The van der Waals surface area contributed by atoms with E-state index in [-0.39, 0.29) is 11.8 Å². The van der Waals surface area contributed by atoms with E-state index in [4.69, 9.17) is 9.26 Å². The number of aromatic nitrogens is 2. The molecule has 1 saturated carbocycles. The number of benzene rings is 1. The van der Waals surface area contributed by atoms with E-state index >= 15 is 0 Å². The van der Waals surface area contributed by atoms with Gasteiger partial charge in [-0.2, -0.15) is 4.98 Å². The molecule has 0 radical (unpaired) electrons. The second kappa shape index (κ2) is 6.63. The lowest BCUT2D eigenvalue weighted by atomic mass is 9.85. The third kappa shape index (κ3) is 3.13. The first kappa shape index (κ1) is 15.2. The molecule has 1 fully saturated rings. The Balaban J connectivity index is 1.26. The molecule has 0 bridgehead atoms. The van der Waals surface area contributed by atoms with Crippen molar-refractivity contribution in [3.8, 4) is 5.75 Å². The summed E-state index contributed by atoms with van der Waals surface area (Å²) < 4.78 is 11.0. The summed E-state index contributed by atoms with van der Waals surface area (Å²) in [7, 11) is 0. The molecule has 1 aliphatic carbocycles. The van der Waals surface area contributed by atoms with Crippen molar-refractivity contribution in [2.24, 2.45) is 5.92 Å². The van der Waals surface area contributed by atoms with Gasteiger partial charge in [-0.25, -0.2) is 0 Å². The van der Waals surface area contributed by atoms with Crippen molar-refractivity contribution in [2.45, 2.75) is 38.0 Å². The van der Waals surface area contributed by atoms with Gasteiger partial charge in [-0.05, 0) is 30.9 Å². The predicted octanol–water partition coefficient (Wildman–Crippen LogP) is 2.25. The van der Waals surface area contributed by atoms with Crippen LogP contribution in [0.1, 0.15) is 42.5 Å². The summed E-state index contributed by atoms with van der Waals surface area (Å²) in [5.41, 5.74) is 1.09. The first-order chi connectivity index (χ1) is 11.8. The first-order valence-electron chi connectivity index (χ1n) is 8.60. The monoisotopic (exact) mass is 327 g/mol. The van der Waals surface area contributed by atoms with E-state index in [9.17, 15) is 4.79 Å². The van der Waals surface area contributed by atoms with Crippen molar-refractivity contribution in [3.63, 3.8) is 0 Å². The zero-order valence-corrected chi connectivity index (χ0v) is 13.5. The van der Waals surface area contributed by atoms with Crippen molar-refractivity contribution >= 4 is 5.91 Å². The van der Waals surface area contributed by atoms with Gasteiger partial charge in [0, 0.05) is 18.9 Å². The maximum Gasteiger partial charge on any atom is 0.229 e. The van der Waals surface area contributed by atoms with Crippen molar-refractivity contribution in [1.29, 1.82) is 0 Å². The Hall–Kier alpha value is -2.37. The van der Waals surface area contributed by atoms with E-state index in [2.05, 4.69) is 15.5 Å². The van der Waals surface area contributed by atoms with Crippen LogP contribution in [0, 0.1) is 5.92 Å². The van der Waals surface area contributed by atoms with Gasteiger partial charge in [-0.1, -0.05) is 29.8 Å². The Labute approximate surface area is 140 Å². The molecule has 1 aliphatic heterocycles. The molecule has 1 aromatic heterocycles. The molecule has 0 saturated heterocycles. The van der Waals surface area contributed by atoms with Crippen LogP contribution in [0.5, 0.6) is 5.75 Å². The van der Waals surface area contributed by atoms with Crippen molar-refractivity contribution < 1.29 is 14.1 Å². The number of hydrogen-bond donors (Lipinski definition) is 1. The molecule has 24 heavy (non-hydrogen) atoms. The van der Waals surface area contributed by atoms with Crippen LogP contribution in [0.2, 0.25) is 0 Å². The summed E-state index contributed by atoms with van der Waals surface area (Å²) in [6.45, 7) is 0.942. The third-order valence-electron chi connectivity index (χ3n) is 4.84. The van der Waals surface area contributed by atoms with Gasteiger partial charge in [0.1, 0.15) is 12.4 Å². The van der Waals surface area contributed by atoms with Crippen molar-refractivity contribution in [3.05, 3.63) is 41.5 Å². The lowest BCUT2D eigenvalue weighted by molar-refractivity contribution is -0.126. The average Bonchev–Trinajstić information content (AvgIpc) is 3.01. The zero-order chi connectivity index (χ0) is 16.4. The second-order valence-electron chi connectivity index (χ2n) is 6.54. The van der Waals surface area contributed by atoms with Gasteiger partial charge in [0.05, 0.1) is 5.92 Å². The summed E-state index contributed by atoms with van der Waals surface area (Å²) in [5.74, 6) is 2.63. The molecule has 6 nitrogen and oxygen atoms in total. The summed E-state index contributed by atoms with van der Waals surface area (Å²) >= 11 is 0. The largest absolute Gasteiger partial charge is 0.492 e. The van der Waals surface area contributed by atoms with Crippen LogP contribution in [-0.2, 0) is 17.6 Å². The number of carbonyl (C=O) groups is 1. The molecular formula is C18H21N3O3. The maximum atomic E-state index is 12.3. The molecule has 126 valence electrons. The molecule has 1 atom stereocenters. The minimum Gasteiger partial charge on any atom is -0.492 e.